The summed E-state index contributed by atoms with van der Waals surface area (Å²) in [4.78, 5) is -0.914. The number of aliphatic hydroxyl groups is 1. The monoisotopic (exact) mass is 301 g/mol. The zero-order valence-electron chi connectivity index (χ0n) is 9.56. The predicted molar refractivity (Wildman–Crippen MR) is 58.2 cm³/mol. The van der Waals surface area contributed by atoms with Gasteiger partial charge in [0, 0.05) is 12.6 Å². The number of nitrogens with zero attached hydrogens (tertiary/aromatic N) is 1. The van der Waals surface area contributed by atoms with Crippen molar-refractivity contribution < 1.29 is 31.1 Å². The van der Waals surface area contributed by atoms with Gasteiger partial charge in [-0.25, -0.2) is 26.0 Å². The quantitative estimate of drug-likeness (QED) is 0.804. The topological polar surface area (TPSA) is 57.6 Å². The second-order valence-electron chi connectivity index (χ2n) is 3.55. The normalized spacial score (nSPS) is 12.4. The van der Waals surface area contributed by atoms with E-state index >= 15 is 0 Å². The molecule has 0 amide bonds. The molecule has 0 atom stereocenters. The highest BCUT2D eigenvalue weighted by molar-refractivity contribution is 7.89. The molecule has 0 heterocycles. The van der Waals surface area contributed by atoms with Crippen LogP contribution in [0, 0.1) is 11.6 Å². The summed E-state index contributed by atoms with van der Waals surface area (Å²) in [6, 6.07) is 1.69. The number of alkyl halides is 2. The van der Waals surface area contributed by atoms with Gasteiger partial charge in [0.25, 0.3) is 6.43 Å². The van der Waals surface area contributed by atoms with E-state index in [1.165, 1.54) is 0 Å². The highest BCUT2D eigenvalue weighted by Gasteiger charge is 2.29. The van der Waals surface area contributed by atoms with Gasteiger partial charge in [-0.2, -0.15) is 4.31 Å². The van der Waals surface area contributed by atoms with E-state index in [2.05, 4.69) is 0 Å². The van der Waals surface area contributed by atoms with Crippen molar-refractivity contribution in [3.05, 3.63) is 29.8 Å². The minimum Gasteiger partial charge on any atom is -0.395 e. The maximum atomic E-state index is 13.4. The summed E-state index contributed by atoms with van der Waals surface area (Å²) in [5.74, 6) is -2.36. The Kier molecular flexibility index (Phi) is 5.27. The van der Waals surface area contributed by atoms with Crippen LogP contribution in [0.15, 0.2) is 23.1 Å². The lowest BCUT2D eigenvalue weighted by Crippen LogP contribution is -2.37. The molecule has 0 saturated carbocycles. The summed E-state index contributed by atoms with van der Waals surface area (Å²) in [5, 5.41) is 8.67. The molecule has 0 saturated heterocycles. The van der Waals surface area contributed by atoms with E-state index in [9.17, 15) is 26.0 Å². The van der Waals surface area contributed by atoms with Gasteiger partial charge >= 0.3 is 0 Å². The number of halogens is 4. The Bertz CT molecular complexity index is 536. The third kappa shape index (κ3) is 3.88. The van der Waals surface area contributed by atoms with Crippen LogP contribution in [0.25, 0.3) is 0 Å². The zero-order valence-corrected chi connectivity index (χ0v) is 10.4. The largest absolute Gasteiger partial charge is 0.395 e. The van der Waals surface area contributed by atoms with Crippen LogP contribution in [0.1, 0.15) is 0 Å². The Balaban J connectivity index is 3.18. The van der Waals surface area contributed by atoms with E-state index in [1.54, 1.807) is 0 Å². The minimum absolute atomic E-state index is 0.244. The van der Waals surface area contributed by atoms with Crippen LogP contribution in [0.3, 0.4) is 0 Å². The summed E-state index contributed by atoms with van der Waals surface area (Å²) in [7, 11) is -4.55. The average molecular weight is 301 g/mol. The number of sulfonamides is 1. The second-order valence-corrected chi connectivity index (χ2v) is 5.46. The number of hydrogen-bond donors (Lipinski definition) is 1. The summed E-state index contributed by atoms with van der Waals surface area (Å²) in [5.41, 5.74) is 0. The molecule has 1 rings (SSSR count). The van der Waals surface area contributed by atoms with Gasteiger partial charge in [-0.05, 0) is 12.1 Å². The van der Waals surface area contributed by atoms with Gasteiger partial charge in [0.2, 0.25) is 10.0 Å². The van der Waals surface area contributed by atoms with Gasteiger partial charge in [0.1, 0.15) is 16.5 Å². The number of benzene rings is 1. The fourth-order valence-corrected chi connectivity index (χ4v) is 2.85. The standard InChI is InChI=1S/C10H11F4NO3S/c11-7-1-2-9(8(12)5-7)19(17,18)15(3-4-16)6-10(13)14/h1-2,5,10,16H,3-4,6H2. The van der Waals surface area contributed by atoms with E-state index < -0.39 is 52.7 Å². The number of aliphatic hydroxyl groups excluding tert-OH is 1. The molecule has 0 aromatic heterocycles. The Hall–Kier alpha value is -1.19. The fourth-order valence-electron chi connectivity index (χ4n) is 1.40. The van der Waals surface area contributed by atoms with Crippen molar-refractivity contribution in [1.29, 1.82) is 0 Å². The average Bonchev–Trinajstić information content (AvgIpc) is 2.27. The first-order chi connectivity index (χ1) is 8.78. The van der Waals surface area contributed by atoms with E-state index in [0.29, 0.717) is 18.2 Å². The molecule has 1 N–H and O–H groups in total. The van der Waals surface area contributed by atoms with Gasteiger partial charge in [-0.1, -0.05) is 0 Å². The molecule has 0 fully saturated rings. The maximum absolute atomic E-state index is 13.4. The highest BCUT2D eigenvalue weighted by atomic mass is 32.2. The third-order valence-corrected chi connectivity index (χ3v) is 4.10. The summed E-state index contributed by atoms with van der Waals surface area (Å²) < 4.78 is 74.7. The molecule has 1 aromatic rings. The fraction of sp³-hybridized carbons (Fsp3) is 0.400. The Morgan fingerprint density at radius 1 is 1.26 bits per heavy atom. The molecule has 108 valence electrons. The Morgan fingerprint density at radius 3 is 2.37 bits per heavy atom. The molecular weight excluding hydrogens is 290 g/mol. The SMILES string of the molecule is O=S(=O)(c1ccc(F)cc1F)N(CCO)CC(F)F. The van der Waals surface area contributed by atoms with Crippen LogP contribution in [0.5, 0.6) is 0 Å². The highest BCUT2D eigenvalue weighted by Crippen LogP contribution is 2.20. The third-order valence-electron chi connectivity index (χ3n) is 2.20. The summed E-state index contributed by atoms with van der Waals surface area (Å²) in [6.45, 7) is -2.49. The molecule has 0 radical (unpaired) electrons. The number of hydrogen-bond acceptors (Lipinski definition) is 3. The van der Waals surface area contributed by atoms with Crippen molar-refractivity contribution in [3.63, 3.8) is 0 Å². The smallest absolute Gasteiger partial charge is 0.252 e. The van der Waals surface area contributed by atoms with E-state index in [1.807, 2.05) is 0 Å². The molecule has 0 spiro atoms. The molecule has 19 heavy (non-hydrogen) atoms. The summed E-state index contributed by atoms with van der Waals surface area (Å²) in [6.07, 6.45) is -2.98. The van der Waals surface area contributed by atoms with Crippen LogP contribution < -0.4 is 0 Å². The van der Waals surface area contributed by atoms with E-state index in [-0.39, 0.29) is 4.31 Å². The van der Waals surface area contributed by atoms with Crippen molar-refractivity contribution in [2.45, 2.75) is 11.3 Å². The van der Waals surface area contributed by atoms with Gasteiger partial charge < -0.3 is 5.11 Å². The molecule has 0 aliphatic rings. The molecule has 9 heteroatoms. The molecular formula is C10H11F4NO3S. The second kappa shape index (κ2) is 6.31. The molecule has 0 bridgehead atoms. The molecule has 1 aromatic carbocycles. The van der Waals surface area contributed by atoms with E-state index in [0.717, 1.165) is 0 Å². The van der Waals surface area contributed by atoms with E-state index in [4.69, 9.17) is 5.11 Å². The molecule has 4 nitrogen and oxygen atoms in total. The zero-order chi connectivity index (χ0) is 14.6. The van der Waals surface area contributed by atoms with Crippen molar-refractivity contribution in [2.75, 3.05) is 19.7 Å². The first kappa shape index (κ1) is 15.9. The van der Waals surface area contributed by atoms with Gasteiger partial charge in [-0.15, -0.1) is 0 Å². The van der Waals surface area contributed by atoms with Crippen molar-refractivity contribution in [1.82, 2.24) is 4.31 Å². The van der Waals surface area contributed by atoms with Crippen LogP contribution in [0.2, 0.25) is 0 Å². The lowest BCUT2D eigenvalue weighted by atomic mass is 10.3. The van der Waals surface area contributed by atoms with Crippen LogP contribution in [-0.2, 0) is 10.0 Å². The van der Waals surface area contributed by atoms with Gasteiger partial charge in [-0.3, -0.25) is 0 Å². The Morgan fingerprint density at radius 2 is 1.89 bits per heavy atom. The first-order valence-electron chi connectivity index (χ1n) is 5.13. The summed E-state index contributed by atoms with van der Waals surface area (Å²) >= 11 is 0. The van der Waals surface area contributed by atoms with Gasteiger partial charge in [0.15, 0.2) is 0 Å². The number of rotatable bonds is 6. The molecule has 0 aliphatic carbocycles. The first-order valence-corrected chi connectivity index (χ1v) is 6.57. The van der Waals surface area contributed by atoms with Crippen molar-refractivity contribution in [3.8, 4) is 0 Å². The van der Waals surface area contributed by atoms with Crippen LogP contribution in [0.4, 0.5) is 17.6 Å². The Labute approximate surface area is 107 Å². The lowest BCUT2D eigenvalue weighted by Gasteiger charge is -2.21. The van der Waals surface area contributed by atoms with Crippen LogP contribution >= 0.6 is 0 Å². The lowest BCUT2D eigenvalue weighted by molar-refractivity contribution is 0.113. The predicted octanol–water partition coefficient (Wildman–Crippen LogP) is 1.21. The van der Waals surface area contributed by atoms with Crippen molar-refractivity contribution >= 4 is 10.0 Å². The van der Waals surface area contributed by atoms with Crippen molar-refractivity contribution in [2.24, 2.45) is 0 Å². The molecule has 0 unspecified atom stereocenters. The van der Waals surface area contributed by atoms with Crippen LogP contribution in [-0.4, -0.2) is 44.0 Å². The maximum Gasteiger partial charge on any atom is 0.252 e. The molecule has 0 aliphatic heterocycles. The minimum atomic E-state index is -4.55. The van der Waals surface area contributed by atoms with Gasteiger partial charge in [0.05, 0.1) is 13.2 Å².